The standard InChI is InChI=1S/C16H19N3O/c20-16(15-11-18-7-9-19(15)10-8-18)13-3-1-5-14-12(13)4-2-6-17-14/h1-6,15-16,20H,7-11H2. The second-order valence-electron chi connectivity index (χ2n) is 5.77. The molecule has 3 aliphatic heterocycles. The molecule has 2 bridgehead atoms. The van der Waals surface area contributed by atoms with Crippen molar-refractivity contribution in [2.75, 3.05) is 32.7 Å². The molecule has 3 aliphatic rings. The maximum Gasteiger partial charge on any atom is 0.0964 e. The quantitative estimate of drug-likeness (QED) is 0.891. The van der Waals surface area contributed by atoms with E-state index >= 15 is 0 Å². The highest BCUT2D eigenvalue weighted by molar-refractivity contribution is 5.82. The van der Waals surface area contributed by atoms with Crippen molar-refractivity contribution in [2.45, 2.75) is 12.1 Å². The van der Waals surface area contributed by atoms with Crippen LogP contribution in [0.2, 0.25) is 0 Å². The molecular formula is C16H19N3O. The van der Waals surface area contributed by atoms with Crippen LogP contribution >= 0.6 is 0 Å². The van der Waals surface area contributed by atoms with Crippen molar-refractivity contribution in [3.05, 3.63) is 42.1 Å². The average Bonchev–Trinajstić information content (AvgIpc) is 2.54. The number of piperazine rings is 3. The Morgan fingerprint density at radius 1 is 1.10 bits per heavy atom. The van der Waals surface area contributed by atoms with Gasteiger partial charge in [0.05, 0.1) is 17.7 Å². The summed E-state index contributed by atoms with van der Waals surface area (Å²) in [5.74, 6) is 0. The molecule has 3 fully saturated rings. The van der Waals surface area contributed by atoms with Gasteiger partial charge in [0, 0.05) is 44.3 Å². The number of rotatable bonds is 2. The minimum Gasteiger partial charge on any atom is -0.387 e. The van der Waals surface area contributed by atoms with Gasteiger partial charge in [-0.25, -0.2) is 0 Å². The van der Waals surface area contributed by atoms with Crippen molar-refractivity contribution in [1.29, 1.82) is 0 Å². The summed E-state index contributed by atoms with van der Waals surface area (Å²) in [6, 6.07) is 10.2. The van der Waals surface area contributed by atoms with Gasteiger partial charge in [-0.05, 0) is 17.7 Å². The summed E-state index contributed by atoms with van der Waals surface area (Å²) in [5.41, 5.74) is 1.97. The zero-order valence-corrected chi connectivity index (χ0v) is 11.4. The molecule has 3 saturated heterocycles. The third-order valence-electron chi connectivity index (χ3n) is 4.68. The molecule has 2 atom stereocenters. The fourth-order valence-electron chi connectivity index (χ4n) is 3.55. The molecule has 2 unspecified atom stereocenters. The van der Waals surface area contributed by atoms with Gasteiger partial charge >= 0.3 is 0 Å². The van der Waals surface area contributed by atoms with Gasteiger partial charge in [0.2, 0.25) is 0 Å². The number of aliphatic hydroxyl groups excluding tert-OH is 1. The molecule has 2 aromatic rings. The minimum absolute atomic E-state index is 0.211. The Kier molecular flexibility index (Phi) is 2.95. The monoisotopic (exact) mass is 269 g/mol. The van der Waals surface area contributed by atoms with E-state index in [0.29, 0.717) is 0 Å². The molecule has 0 saturated carbocycles. The molecule has 1 N–H and O–H groups in total. The van der Waals surface area contributed by atoms with Gasteiger partial charge in [0.1, 0.15) is 0 Å². The highest BCUT2D eigenvalue weighted by atomic mass is 16.3. The van der Waals surface area contributed by atoms with E-state index in [9.17, 15) is 5.11 Å². The molecule has 4 heteroatoms. The van der Waals surface area contributed by atoms with Crippen LogP contribution in [0.5, 0.6) is 0 Å². The first-order valence-electron chi connectivity index (χ1n) is 7.31. The predicted molar refractivity (Wildman–Crippen MR) is 78.5 cm³/mol. The van der Waals surface area contributed by atoms with Crippen LogP contribution in [-0.4, -0.2) is 58.7 Å². The number of aliphatic hydroxyl groups is 1. The maximum atomic E-state index is 10.9. The van der Waals surface area contributed by atoms with Gasteiger partial charge in [-0.1, -0.05) is 18.2 Å². The van der Waals surface area contributed by atoms with E-state index in [1.54, 1.807) is 6.20 Å². The Balaban J connectivity index is 1.72. The molecule has 104 valence electrons. The third kappa shape index (κ3) is 1.92. The van der Waals surface area contributed by atoms with Crippen molar-refractivity contribution in [2.24, 2.45) is 0 Å². The SMILES string of the molecule is OC(c1cccc2ncccc12)C1CN2CCN1CC2. The summed E-state index contributed by atoms with van der Waals surface area (Å²) in [6.07, 6.45) is 1.36. The van der Waals surface area contributed by atoms with Crippen LogP contribution in [0.15, 0.2) is 36.5 Å². The molecule has 0 amide bonds. The Hall–Kier alpha value is -1.49. The van der Waals surface area contributed by atoms with Gasteiger partial charge < -0.3 is 5.11 Å². The molecule has 4 heterocycles. The molecule has 20 heavy (non-hydrogen) atoms. The van der Waals surface area contributed by atoms with Gasteiger partial charge in [0.15, 0.2) is 0 Å². The number of nitrogens with zero attached hydrogens (tertiary/aromatic N) is 3. The van der Waals surface area contributed by atoms with Gasteiger partial charge in [0.25, 0.3) is 0 Å². The Bertz CT molecular complexity index is 617. The lowest BCUT2D eigenvalue weighted by Gasteiger charge is -2.49. The van der Waals surface area contributed by atoms with Gasteiger partial charge in [-0.2, -0.15) is 0 Å². The highest BCUT2D eigenvalue weighted by Gasteiger charge is 2.37. The zero-order valence-electron chi connectivity index (χ0n) is 11.4. The number of hydrogen-bond donors (Lipinski definition) is 1. The molecular weight excluding hydrogens is 250 g/mol. The summed E-state index contributed by atoms with van der Waals surface area (Å²) in [7, 11) is 0. The predicted octanol–water partition coefficient (Wildman–Crippen LogP) is 1.27. The largest absolute Gasteiger partial charge is 0.387 e. The van der Waals surface area contributed by atoms with E-state index in [0.717, 1.165) is 49.2 Å². The van der Waals surface area contributed by atoms with E-state index in [1.807, 2.05) is 24.3 Å². The van der Waals surface area contributed by atoms with Crippen LogP contribution in [-0.2, 0) is 0 Å². The Morgan fingerprint density at radius 3 is 2.70 bits per heavy atom. The van der Waals surface area contributed by atoms with Crippen molar-refractivity contribution in [3.63, 3.8) is 0 Å². The smallest absolute Gasteiger partial charge is 0.0964 e. The molecule has 1 aromatic heterocycles. The van der Waals surface area contributed by atoms with E-state index in [1.165, 1.54) is 0 Å². The van der Waals surface area contributed by atoms with Crippen molar-refractivity contribution >= 4 is 10.9 Å². The van der Waals surface area contributed by atoms with Crippen molar-refractivity contribution in [1.82, 2.24) is 14.8 Å². The molecule has 4 nitrogen and oxygen atoms in total. The first kappa shape index (κ1) is 12.3. The van der Waals surface area contributed by atoms with Crippen molar-refractivity contribution < 1.29 is 5.11 Å². The first-order valence-corrected chi connectivity index (χ1v) is 7.31. The van der Waals surface area contributed by atoms with Crippen molar-refractivity contribution in [3.8, 4) is 0 Å². The van der Waals surface area contributed by atoms with Crippen LogP contribution in [0.4, 0.5) is 0 Å². The lowest BCUT2D eigenvalue weighted by molar-refractivity contribution is -0.0465. The maximum absolute atomic E-state index is 10.9. The lowest BCUT2D eigenvalue weighted by atomic mass is 9.94. The molecule has 1 aromatic carbocycles. The highest BCUT2D eigenvalue weighted by Crippen LogP contribution is 2.30. The molecule has 5 rings (SSSR count). The molecule has 0 spiro atoms. The Morgan fingerprint density at radius 2 is 1.95 bits per heavy atom. The van der Waals surface area contributed by atoms with Crippen LogP contribution in [0.1, 0.15) is 11.7 Å². The summed E-state index contributed by atoms with van der Waals surface area (Å²) >= 11 is 0. The topological polar surface area (TPSA) is 39.6 Å². The lowest BCUT2D eigenvalue weighted by Crippen LogP contribution is -2.62. The number of aromatic nitrogens is 1. The molecule has 0 radical (unpaired) electrons. The van der Waals surface area contributed by atoms with E-state index < -0.39 is 6.10 Å². The fourth-order valence-corrected chi connectivity index (χ4v) is 3.55. The number of pyridine rings is 1. The van der Waals surface area contributed by atoms with E-state index in [2.05, 4.69) is 20.9 Å². The van der Waals surface area contributed by atoms with Crippen LogP contribution in [0.25, 0.3) is 10.9 Å². The van der Waals surface area contributed by atoms with Crippen LogP contribution < -0.4 is 0 Å². The third-order valence-corrected chi connectivity index (χ3v) is 4.68. The summed E-state index contributed by atoms with van der Waals surface area (Å²) in [5, 5.41) is 11.9. The fraction of sp³-hybridized carbons (Fsp3) is 0.438. The van der Waals surface area contributed by atoms with Gasteiger partial charge in [-0.15, -0.1) is 0 Å². The number of hydrogen-bond acceptors (Lipinski definition) is 4. The minimum atomic E-state index is -0.439. The summed E-state index contributed by atoms with van der Waals surface area (Å²) in [6.45, 7) is 5.40. The summed E-state index contributed by atoms with van der Waals surface area (Å²) < 4.78 is 0. The van der Waals surface area contributed by atoms with Gasteiger partial charge in [-0.3, -0.25) is 14.8 Å². The average molecular weight is 269 g/mol. The first-order chi connectivity index (χ1) is 9.83. The van der Waals surface area contributed by atoms with E-state index in [4.69, 9.17) is 0 Å². The second-order valence-corrected chi connectivity index (χ2v) is 5.77. The Labute approximate surface area is 118 Å². The number of fused-ring (bicyclic) bond motifs is 4. The number of benzene rings is 1. The second kappa shape index (κ2) is 4.81. The van der Waals surface area contributed by atoms with E-state index in [-0.39, 0.29) is 6.04 Å². The molecule has 0 aliphatic carbocycles. The summed E-state index contributed by atoms with van der Waals surface area (Å²) in [4.78, 5) is 9.27. The normalized spacial score (nSPS) is 30.6. The van der Waals surface area contributed by atoms with Crippen LogP contribution in [0.3, 0.4) is 0 Å². The van der Waals surface area contributed by atoms with Crippen LogP contribution in [0, 0.1) is 0 Å². The zero-order chi connectivity index (χ0) is 13.5.